The molecule has 0 fully saturated rings. The summed E-state index contributed by atoms with van der Waals surface area (Å²) in [5, 5.41) is 0.907. The van der Waals surface area contributed by atoms with Crippen LogP contribution in [0, 0.1) is 0 Å². The van der Waals surface area contributed by atoms with Gasteiger partial charge < -0.3 is 23.4 Å². The van der Waals surface area contributed by atoms with E-state index in [1.807, 2.05) is 30.3 Å². The molecule has 146 valence electrons. The largest absolute Gasteiger partial charge is 0.493 e. The van der Waals surface area contributed by atoms with Gasteiger partial charge in [-0.05, 0) is 42.8 Å². The van der Waals surface area contributed by atoms with Gasteiger partial charge in [-0.1, -0.05) is 12.1 Å². The first kappa shape index (κ1) is 19.4. The van der Waals surface area contributed by atoms with Crippen LogP contribution >= 0.6 is 0 Å². The highest BCUT2D eigenvalue weighted by Crippen LogP contribution is 2.40. The van der Waals surface area contributed by atoms with Crippen LogP contribution in [-0.2, 0) is 9.53 Å². The van der Waals surface area contributed by atoms with Crippen LogP contribution in [0.15, 0.2) is 46.9 Å². The Bertz CT molecular complexity index is 1020. The first-order valence-electron chi connectivity index (χ1n) is 8.79. The molecule has 3 aromatic rings. The Hall–Kier alpha value is -3.41. The number of ether oxygens (including phenoxy) is 4. The van der Waals surface area contributed by atoms with E-state index < -0.39 is 5.97 Å². The minimum absolute atomic E-state index is 0.311. The maximum Gasteiger partial charge on any atom is 0.330 e. The van der Waals surface area contributed by atoms with E-state index in [0.29, 0.717) is 35.2 Å². The molecule has 0 N–H and O–H groups in total. The summed E-state index contributed by atoms with van der Waals surface area (Å²) >= 11 is 0. The zero-order valence-corrected chi connectivity index (χ0v) is 16.3. The van der Waals surface area contributed by atoms with Crippen LogP contribution < -0.4 is 14.2 Å². The molecule has 2 aromatic carbocycles. The van der Waals surface area contributed by atoms with Gasteiger partial charge in [0.15, 0.2) is 22.8 Å². The summed E-state index contributed by atoms with van der Waals surface area (Å²) in [6, 6.07) is 11.2. The van der Waals surface area contributed by atoms with Gasteiger partial charge in [0.05, 0.1) is 27.9 Å². The van der Waals surface area contributed by atoms with E-state index in [-0.39, 0.29) is 0 Å². The second-order valence-corrected chi connectivity index (χ2v) is 5.87. The van der Waals surface area contributed by atoms with E-state index in [1.54, 1.807) is 40.4 Å². The van der Waals surface area contributed by atoms with Gasteiger partial charge in [0.1, 0.15) is 5.76 Å². The maximum absolute atomic E-state index is 11.8. The van der Waals surface area contributed by atoms with E-state index in [4.69, 9.17) is 23.4 Å². The van der Waals surface area contributed by atoms with Crippen LogP contribution in [0.2, 0.25) is 0 Å². The first-order valence-corrected chi connectivity index (χ1v) is 8.79. The number of hydrogen-bond acceptors (Lipinski definition) is 6. The zero-order chi connectivity index (χ0) is 20.1. The average Bonchev–Trinajstić information content (AvgIpc) is 3.15. The molecule has 0 amide bonds. The SMILES string of the molecule is CCOC(=O)/C=C/c1cc(OC)c(OC)cc1-c1cc2cccc(OC)c2o1. The first-order chi connectivity index (χ1) is 13.6. The fourth-order valence-electron chi connectivity index (χ4n) is 2.92. The number of para-hydroxylation sites is 1. The molecule has 6 nitrogen and oxygen atoms in total. The third-order valence-electron chi connectivity index (χ3n) is 4.23. The summed E-state index contributed by atoms with van der Waals surface area (Å²) in [5.74, 6) is 1.94. The Kier molecular flexibility index (Phi) is 5.89. The standard InChI is InChI=1S/C22H22O6/c1-5-27-21(23)10-9-14-11-19(25-3)20(26-4)13-16(14)18-12-15-7-6-8-17(24-2)22(15)28-18/h6-13H,5H2,1-4H3/b10-9+. The Morgan fingerprint density at radius 2 is 1.71 bits per heavy atom. The Balaban J connectivity index is 2.16. The number of hydrogen-bond donors (Lipinski definition) is 0. The molecular weight excluding hydrogens is 360 g/mol. The highest BCUT2D eigenvalue weighted by atomic mass is 16.5. The van der Waals surface area contributed by atoms with Crippen LogP contribution in [0.25, 0.3) is 28.4 Å². The average molecular weight is 382 g/mol. The molecule has 0 aliphatic rings. The van der Waals surface area contributed by atoms with Gasteiger partial charge in [-0.25, -0.2) is 4.79 Å². The lowest BCUT2D eigenvalue weighted by Gasteiger charge is -2.12. The number of furan rings is 1. The fraction of sp³-hybridized carbons (Fsp3) is 0.227. The molecule has 3 rings (SSSR count). The van der Waals surface area contributed by atoms with Crippen molar-refractivity contribution in [2.24, 2.45) is 0 Å². The topological polar surface area (TPSA) is 67.1 Å². The molecule has 28 heavy (non-hydrogen) atoms. The number of rotatable bonds is 7. The van der Waals surface area contributed by atoms with Gasteiger partial charge in [0.2, 0.25) is 0 Å². The summed E-state index contributed by atoms with van der Waals surface area (Å²) in [6.45, 7) is 2.07. The number of fused-ring (bicyclic) bond motifs is 1. The number of methoxy groups -OCH3 is 3. The smallest absolute Gasteiger partial charge is 0.330 e. The fourth-order valence-corrected chi connectivity index (χ4v) is 2.92. The molecule has 0 radical (unpaired) electrons. The third-order valence-corrected chi connectivity index (χ3v) is 4.23. The normalized spacial score (nSPS) is 11.0. The van der Waals surface area contributed by atoms with Crippen molar-refractivity contribution in [3.8, 4) is 28.6 Å². The van der Waals surface area contributed by atoms with Crippen molar-refractivity contribution in [3.05, 3.63) is 48.0 Å². The van der Waals surface area contributed by atoms with Gasteiger partial charge >= 0.3 is 5.97 Å². The van der Waals surface area contributed by atoms with Gasteiger partial charge in [-0.3, -0.25) is 0 Å². The summed E-state index contributed by atoms with van der Waals surface area (Å²) in [7, 11) is 4.72. The summed E-state index contributed by atoms with van der Waals surface area (Å²) < 4.78 is 27.2. The molecule has 0 atom stereocenters. The quantitative estimate of drug-likeness (QED) is 0.436. The van der Waals surface area contributed by atoms with Gasteiger partial charge in [0, 0.05) is 17.0 Å². The van der Waals surface area contributed by atoms with Gasteiger partial charge in [-0.2, -0.15) is 0 Å². The lowest BCUT2D eigenvalue weighted by Crippen LogP contribution is -1.99. The number of carbonyl (C=O) groups excluding carboxylic acids is 1. The van der Waals surface area contributed by atoms with Crippen LogP contribution in [0.1, 0.15) is 12.5 Å². The van der Waals surface area contributed by atoms with Crippen molar-refractivity contribution in [1.82, 2.24) is 0 Å². The predicted octanol–water partition coefficient (Wildman–Crippen LogP) is 4.70. The minimum atomic E-state index is -0.422. The molecule has 0 unspecified atom stereocenters. The Labute approximate surface area is 163 Å². The van der Waals surface area contributed by atoms with E-state index in [2.05, 4.69) is 0 Å². The van der Waals surface area contributed by atoms with E-state index >= 15 is 0 Å². The molecule has 0 aliphatic carbocycles. The lowest BCUT2D eigenvalue weighted by molar-refractivity contribution is -0.137. The molecular formula is C22H22O6. The third kappa shape index (κ3) is 3.81. The van der Waals surface area contributed by atoms with Crippen LogP contribution in [0.5, 0.6) is 17.2 Å². The molecule has 6 heteroatoms. The Morgan fingerprint density at radius 3 is 2.39 bits per heavy atom. The summed E-state index contributed by atoms with van der Waals surface area (Å²) in [5.41, 5.74) is 2.12. The highest BCUT2D eigenvalue weighted by Gasteiger charge is 2.16. The van der Waals surface area contributed by atoms with Crippen molar-refractivity contribution in [2.75, 3.05) is 27.9 Å². The molecule has 0 aliphatic heterocycles. The molecule has 0 spiro atoms. The highest BCUT2D eigenvalue weighted by molar-refractivity contribution is 5.92. The van der Waals surface area contributed by atoms with E-state index in [1.165, 1.54) is 6.08 Å². The maximum atomic E-state index is 11.8. The monoisotopic (exact) mass is 382 g/mol. The van der Waals surface area contributed by atoms with Crippen LogP contribution in [0.4, 0.5) is 0 Å². The zero-order valence-electron chi connectivity index (χ0n) is 16.3. The minimum Gasteiger partial charge on any atom is -0.493 e. The number of benzene rings is 2. The number of esters is 1. The number of carbonyl (C=O) groups is 1. The van der Waals surface area contributed by atoms with Crippen molar-refractivity contribution in [2.45, 2.75) is 6.92 Å². The summed E-state index contributed by atoms with van der Waals surface area (Å²) in [4.78, 5) is 11.8. The van der Waals surface area contributed by atoms with Crippen LogP contribution in [0.3, 0.4) is 0 Å². The molecule has 0 saturated carbocycles. The molecule has 0 saturated heterocycles. The second-order valence-electron chi connectivity index (χ2n) is 5.87. The Morgan fingerprint density at radius 1 is 1.00 bits per heavy atom. The summed E-state index contributed by atoms with van der Waals surface area (Å²) in [6.07, 6.45) is 3.04. The van der Waals surface area contributed by atoms with Crippen molar-refractivity contribution in [1.29, 1.82) is 0 Å². The lowest BCUT2D eigenvalue weighted by atomic mass is 10.0. The van der Waals surface area contributed by atoms with Gasteiger partial charge in [-0.15, -0.1) is 0 Å². The van der Waals surface area contributed by atoms with Crippen molar-refractivity contribution >= 4 is 23.0 Å². The predicted molar refractivity (Wildman–Crippen MR) is 107 cm³/mol. The molecule has 1 heterocycles. The van der Waals surface area contributed by atoms with Crippen molar-refractivity contribution < 1.29 is 28.2 Å². The molecule has 0 bridgehead atoms. The van der Waals surface area contributed by atoms with E-state index in [9.17, 15) is 4.79 Å². The molecule has 1 aromatic heterocycles. The van der Waals surface area contributed by atoms with Crippen molar-refractivity contribution in [3.63, 3.8) is 0 Å². The van der Waals surface area contributed by atoms with E-state index in [0.717, 1.165) is 16.5 Å². The second kappa shape index (κ2) is 8.52. The van der Waals surface area contributed by atoms with Gasteiger partial charge in [0.25, 0.3) is 0 Å². The van der Waals surface area contributed by atoms with Crippen LogP contribution in [-0.4, -0.2) is 33.9 Å².